The van der Waals surface area contributed by atoms with E-state index in [9.17, 15) is 9.59 Å². The van der Waals surface area contributed by atoms with E-state index in [4.69, 9.17) is 9.52 Å². The smallest absolute Gasteiger partial charge is 0.326 e. The molecule has 0 aromatic carbocycles. The fraction of sp³-hybridized carbons (Fsp3) is 0.538. The summed E-state index contributed by atoms with van der Waals surface area (Å²) in [7, 11) is 1.61. The number of nitrogens with zero attached hydrogens (tertiary/aromatic N) is 1. The average molecular weight is 268 g/mol. The monoisotopic (exact) mass is 268 g/mol. The van der Waals surface area contributed by atoms with E-state index >= 15 is 0 Å². The molecule has 0 saturated heterocycles. The summed E-state index contributed by atoms with van der Waals surface area (Å²) in [6.45, 7) is 4.20. The number of furan rings is 1. The zero-order valence-electron chi connectivity index (χ0n) is 11.4. The number of nitrogens with one attached hydrogen (secondary N) is 1. The summed E-state index contributed by atoms with van der Waals surface area (Å²) >= 11 is 0. The average Bonchev–Trinajstić information content (AvgIpc) is 2.79. The molecule has 6 heteroatoms. The number of carboxylic acids is 1. The number of carbonyl (C=O) groups is 2. The first-order valence-electron chi connectivity index (χ1n) is 6.15. The molecule has 0 aliphatic carbocycles. The molecule has 1 heterocycles. The molecule has 0 aliphatic rings. The molecule has 0 saturated carbocycles. The molecule has 1 aromatic heterocycles. The molecular weight excluding hydrogens is 248 g/mol. The van der Waals surface area contributed by atoms with E-state index in [0.717, 1.165) is 5.56 Å². The quantitative estimate of drug-likeness (QED) is 0.825. The fourth-order valence-corrected chi connectivity index (χ4v) is 1.68. The Bertz CT molecular complexity index is 414. The predicted octanol–water partition coefficient (Wildman–Crippen LogP) is 1.92. The van der Waals surface area contributed by atoms with E-state index in [0.29, 0.717) is 13.0 Å². The van der Waals surface area contributed by atoms with Gasteiger partial charge >= 0.3 is 12.0 Å². The predicted molar refractivity (Wildman–Crippen MR) is 69.6 cm³/mol. The first-order valence-corrected chi connectivity index (χ1v) is 6.15. The van der Waals surface area contributed by atoms with Crippen molar-refractivity contribution in [1.29, 1.82) is 0 Å². The Kier molecular flexibility index (Phi) is 5.41. The molecule has 6 nitrogen and oxygen atoms in total. The Hall–Kier alpha value is -1.98. The lowest BCUT2D eigenvalue weighted by Crippen LogP contribution is -2.46. The Morgan fingerprint density at radius 3 is 2.63 bits per heavy atom. The van der Waals surface area contributed by atoms with E-state index in [1.165, 1.54) is 11.2 Å². The fourth-order valence-electron chi connectivity index (χ4n) is 1.68. The van der Waals surface area contributed by atoms with Crippen molar-refractivity contribution in [2.45, 2.75) is 32.9 Å². The van der Waals surface area contributed by atoms with Gasteiger partial charge in [-0.3, -0.25) is 0 Å². The first kappa shape index (κ1) is 15.1. The number of carbonyl (C=O) groups excluding carboxylic acids is 1. The summed E-state index contributed by atoms with van der Waals surface area (Å²) in [6.07, 6.45) is 3.48. The van der Waals surface area contributed by atoms with Crippen molar-refractivity contribution in [2.75, 3.05) is 7.05 Å². The van der Waals surface area contributed by atoms with E-state index in [1.807, 2.05) is 13.8 Å². The number of hydrogen-bond acceptors (Lipinski definition) is 3. The Balaban J connectivity index is 2.53. The number of aliphatic carboxylic acids is 1. The van der Waals surface area contributed by atoms with Crippen LogP contribution in [-0.4, -0.2) is 35.1 Å². The topological polar surface area (TPSA) is 82.8 Å². The molecule has 0 aliphatic heterocycles. The van der Waals surface area contributed by atoms with Gasteiger partial charge in [-0.15, -0.1) is 0 Å². The van der Waals surface area contributed by atoms with Crippen molar-refractivity contribution in [1.82, 2.24) is 10.2 Å². The van der Waals surface area contributed by atoms with E-state index in [-0.39, 0.29) is 5.92 Å². The van der Waals surface area contributed by atoms with Crippen LogP contribution in [0.1, 0.15) is 25.8 Å². The minimum Gasteiger partial charge on any atom is -0.480 e. The summed E-state index contributed by atoms with van der Waals surface area (Å²) in [6, 6.07) is 0.487. The third-order valence-electron chi connectivity index (χ3n) is 2.65. The molecule has 0 bridgehead atoms. The van der Waals surface area contributed by atoms with Crippen molar-refractivity contribution >= 4 is 12.0 Å². The Morgan fingerprint density at radius 1 is 1.47 bits per heavy atom. The van der Waals surface area contributed by atoms with Crippen LogP contribution in [0.2, 0.25) is 0 Å². The first-order chi connectivity index (χ1) is 8.90. The van der Waals surface area contributed by atoms with Gasteiger partial charge in [-0.25, -0.2) is 9.59 Å². The maximum absolute atomic E-state index is 11.9. The number of urea groups is 1. The Labute approximate surface area is 112 Å². The van der Waals surface area contributed by atoms with Gasteiger partial charge in [0, 0.05) is 12.6 Å². The van der Waals surface area contributed by atoms with Crippen LogP contribution in [0.3, 0.4) is 0 Å². The highest BCUT2D eigenvalue weighted by Crippen LogP contribution is 2.07. The summed E-state index contributed by atoms with van der Waals surface area (Å²) in [5, 5.41) is 11.6. The molecular formula is C13H20N2O4. The summed E-state index contributed by atoms with van der Waals surface area (Å²) in [5.74, 6) is -0.820. The minimum atomic E-state index is -1.02. The number of carboxylic acid groups (broad SMARTS) is 1. The second-order valence-electron chi connectivity index (χ2n) is 4.96. The lowest BCUT2D eigenvalue weighted by atomic mass is 10.0. The minimum absolute atomic E-state index is 0.195. The van der Waals surface area contributed by atoms with Gasteiger partial charge in [0.2, 0.25) is 0 Å². The van der Waals surface area contributed by atoms with Gasteiger partial charge in [-0.05, 0) is 18.4 Å². The Morgan fingerprint density at radius 2 is 2.16 bits per heavy atom. The third-order valence-corrected chi connectivity index (χ3v) is 2.65. The molecule has 1 aromatic rings. The summed E-state index contributed by atoms with van der Waals surface area (Å²) in [4.78, 5) is 24.4. The molecule has 1 rings (SSSR count). The normalized spacial score (nSPS) is 12.2. The second-order valence-corrected chi connectivity index (χ2v) is 4.96. The highest BCUT2D eigenvalue weighted by atomic mass is 16.4. The number of rotatable bonds is 6. The molecule has 0 radical (unpaired) electrons. The second kappa shape index (κ2) is 6.82. The summed E-state index contributed by atoms with van der Waals surface area (Å²) < 4.78 is 4.91. The van der Waals surface area contributed by atoms with Gasteiger partial charge in [-0.2, -0.15) is 0 Å². The van der Waals surface area contributed by atoms with E-state index < -0.39 is 18.0 Å². The molecule has 2 amide bonds. The lowest BCUT2D eigenvalue weighted by Gasteiger charge is -2.21. The summed E-state index contributed by atoms with van der Waals surface area (Å²) in [5.41, 5.74) is 0.855. The van der Waals surface area contributed by atoms with Crippen molar-refractivity contribution in [3.05, 3.63) is 24.2 Å². The molecule has 19 heavy (non-hydrogen) atoms. The van der Waals surface area contributed by atoms with Gasteiger partial charge in [0.25, 0.3) is 0 Å². The third kappa shape index (κ3) is 5.03. The molecule has 0 fully saturated rings. The zero-order chi connectivity index (χ0) is 14.4. The maximum Gasteiger partial charge on any atom is 0.326 e. The van der Waals surface area contributed by atoms with Crippen LogP contribution >= 0.6 is 0 Å². The van der Waals surface area contributed by atoms with Crippen LogP contribution < -0.4 is 5.32 Å². The largest absolute Gasteiger partial charge is 0.480 e. The van der Waals surface area contributed by atoms with Gasteiger partial charge in [0.05, 0.1) is 19.1 Å². The SMILES string of the molecule is CC(C)CC(NC(=O)N(C)Cc1ccoc1)C(=O)O. The molecule has 106 valence electrons. The number of hydrogen-bond donors (Lipinski definition) is 2. The standard InChI is InChI=1S/C13H20N2O4/c1-9(2)6-11(12(16)17)14-13(18)15(3)7-10-4-5-19-8-10/h4-5,8-9,11H,6-7H2,1-3H3,(H,14,18)(H,16,17). The van der Waals surface area contributed by atoms with Crippen molar-refractivity contribution in [3.8, 4) is 0 Å². The maximum atomic E-state index is 11.9. The molecule has 2 N–H and O–H groups in total. The van der Waals surface area contributed by atoms with Gasteiger partial charge < -0.3 is 19.7 Å². The van der Waals surface area contributed by atoms with Crippen LogP contribution in [0.25, 0.3) is 0 Å². The van der Waals surface area contributed by atoms with E-state index in [1.54, 1.807) is 19.4 Å². The van der Waals surface area contributed by atoms with Crippen molar-refractivity contribution in [3.63, 3.8) is 0 Å². The van der Waals surface area contributed by atoms with Gasteiger partial charge in [0.15, 0.2) is 0 Å². The van der Waals surface area contributed by atoms with Crippen LogP contribution in [0.5, 0.6) is 0 Å². The highest BCUT2D eigenvalue weighted by molar-refractivity contribution is 5.82. The van der Waals surface area contributed by atoms with Gasteiger partial charge in [-0.1, -0.05) is 13.8 Å². The van der Waals surface area contributed by atoms with Crippen LogP contribution in [-0.2, 0) is 11.3 Å². The molecule has 0 spiro atoms. The molecule has 1 unspecified atom stereocenters. The van der Waals surface area contributed by atoms with Crippen LogP contribution in [0.4, 0.5) is 4.79 Å². The highest BCUT2D eigenvalue weighted by Gasteiger charge is 2.22. The van der Waals surface area contributed by atoms with Crippen LogP contribution in [0, 0.1) is 5.92 Å². The van der Waals surface area contributed by atoms with Crippen molar-refractivity contribution < 1.29 is 19.1 Å². The van der Waals surface area contributed by atoms with Crippen LogP contribution in [0.15, 0.2) is 23.0 Å². The zero-order valence-corrected chi connectivity index (χ0v) is 11.4. The van der Waals surface area contributed by atoms with Gasteiger partial charge in [0.1, 0.15) is 6.04 Å². The lowest BCUT2D eigenvalue weighted by molar-refractivity contribution is -0.139. The van der Waals surface area contributed by atoms with Crippen molar-refractivity contribution in [2.24, 2.45) is 5.92 Å². The van der Waals surface area contributed by atoms with E-state index in [2.05, 4.69) is 5.32 Å². The number of amides is 2. The molecule has 1 atom stereocenters.